The summed E-state index contributed by atoms with van der Waals surface area (Å²) in [6.45, 7) is 0. The predicted octanol–water partition coefficient (Wildman–Crippen LogP) is 4.12. The molecule has 1 amide bonds. The van der Waals surface area contributed by atoms with Crippen LogP contribution in [-0.2, 0) is 10.0 Å². The molecule has 2 N–H and O–H groups in total. The van der Waals surface area contributed by atoms with Gasteiger partial charge >= 0.3 is 0 Å². The first-order valence-corrected chi connectivity index (χ1v) is 11.1. The number of anilines is 2. The lowest BCUT2D eigenvalue weighted by Crippen LogP contribution is -2.16. The number of halogens is 1. The lowest BCUT2D eigenvalue weighted by atomic mass is 10.2. The lowest BCUT2D eigenvalue weighted by Gasteiger charge is -2.09. The monoisotopic (exact) mass is 434 g/mol. The molecule has 0 unspecified atom stereocenters. The number of aromatic nitrogens is 2. The second kappa shape index (κ2) is 7.50. The molecule has 0 bridgehead atoms. The van der Waals surface area contributed by atoms with Crippen molar-refractivity contribution in [3.63, 3.8) is 0 Å². The number of hydrogen-bond donors (Lipinski definition) is 2. The lowest BCUT2D eigenvalue weighted by molar-refractivity contribution is 0.102. The fourth-order valence-corrected chi connectivity index (χ4v) is 4.62. The van der Waals surface area contributed by atoms with Crippen molar-refractivity contribution in [1.82, 2.24) is 10.2 Å². The molecule has 0 aliphatic heterocycles. The highest BCUT2D eigenvalue weighted by Gasteiger charge is 2.28. The van der Waals surface area contributed by atoms with Crippen LogP contribution < -0.4 is 10.0 Å². The van der Waals surface area contributed by atoms with Crippen LogP contribution in [0.2, 0.25) is 5.02 Å². The van der Waals surface area contributed by atoms with Crippen LogP contribution in [0.15, 0.2) is 53.4 Å². The van der Waals surface area contributed by atoms with Crippen molar-refractivity contribution in [1.29, 1.82) is 0 Å². The van der Waals surface area contributed by atoms with E-state index in [1.165, 1.54) is 29.5 Å². The van der Waals surface area contributed by atoms with Crippen LogP contribution in [0.1, 0.15) is 34.1 Å². The first kappa shape index (κ1) is 18.9. The number of amides is 1. The Balaban J connectivity index is 1.50. The Morgan fingerprint density at radius 3 is 2.57 bits per heavy atom. The van der Waals surface area contributed by atoms with E-state index in [4.69, 9.17) is 11.6 Å². The zero-order valence-electron chi connectivity index (χ0n) is 14.4. The molecule has 28 heavy (non-hydrogen) atoms. The van der Waals surface area contributed by atoms with Gasteiger partial charge in [0.05, 0.1) is 4.90 Å². The molecular formula is C18H15ClN4O3S2. The number of carbonyl (C=O) groups is 1. The van der Waals surface area contributed by atoms with Gasteiger partial charge in [-0.2, -0.15) is 0 Å². The van der Waals surface area contributed by atoms with Gasteiger partial charge in [-0.1, -0.05) is 29.0 Å². The van der Waals surface area contributed by atoms with Gasteiger partial charge in [-0.25, -0.2) is 8.42 Å². The topological polar surface area (TPSA) is 101 Å². The van der Waals surface area contributed by atoms with Crippen molar-refractivity contribution in [2.75, 3.05) is 10.0 Å². The number of sulfonamides is 1. The van der Waals surface area contributed by atoms with E-state index in [-0.39, 0.29) is 10.5 Å². The zero-order chi connectivity index (χ0) is 19.7. The minimum atomic E-state index is -3.85. The standard InChI is InChI=1S/C18H15ClN4O3S2/c19-13-6-8-14(9-7-13)23-28(25,26)15-3-1-2-12(10-15)16(24)20-18-22-21-17(27-18)11-4-5-11/h1-3,6-11,23H,4-5H2,(H,20,22,24). The zero-order valence-corrected chi connectivity index (χ0v) is 16.8. The molecule has 1 saturated carbocycles. The van der Waals surface area contributed by atoms with E-state index in [2.05, 4.69) is 20.2 Å². The molecule has 10 heteroatoms. The first-order valence-electron chi connectivity index (χ1n) is 8.44. The van der Waals surface area contributed by atoms with Gasteiger partial charge in [0, 0.05) is 22.2 Å². The number of rotatable bonds is 6. The third-order valence-corrected chi connectivity index (χ3v) is 6.72. The first-order chi connectivity index (χ1) is 13.4. The van der Waals surface area contributed by atoms with Crippen LogP contribution in [0.5, 0.6) is 0 Å². The summed E-state index contributed by atoms with van der Waals surface area (Å²) in [5.41, 5.74) is 0.586. The number of benzene rings is 2. The Kier molecular flexibility index (Phi) is 5.05. The molecule has 1 aliphatic rings. The molecule has 1 aromatic heterocycles. The molecule has 1 aliphatic carbocycles. The molecule has 7 nitrogen and oxygen atoms in total. The maximum Gasteiger partial charge on any atom is 0.261 e. The summed E-state index contributed by atoms with van der Waals surface area (Å²) in [5, 5.41) is 12.5. The molecule has 144 valence electrons. The highest BCUT2D eigenvalue weighted by atomic mass is 35.5. The van der Waals surface area contributed by atoms with Crippen LogP contribution >= 0.6 is 22.9 Å². The molecule has 2 aromatic carbocycles. The summed E-state index contributed by atoms with van der Waals surface area (Å²) >= 11 is 7.16. The van der Waals surface area contributed by atoms with Gasteiger partial charge in [0.1, 0.15) is 5.01 Å². The highest BCUT2D eigenvalue weighted by Crippen LogP contribution is 2.42. The summed E-state index contributed by atoms with van der Waals surface area (Å²) in [4.78, 5) is 12.5. The van der Waals surface area contributed by atoms with Crippen LogP contribution in [0.3, 0.4) is 0 Å². The Morgan fingerprint density at radius 2 is 1.86 bits per heavy atom. The van der Waals surface area contributed by atoms with Crippen molar-refractivity contribution >= 4 is 49.7 Å². The largest absolute Gasteiger partial charge is 0.296 e. The van der Waals surface area contributed by atoms with E-state index < -0.39 is 15.9 Å². The molecule has 0 radical (unpaired) electrons. The summed E-state index contributed by atoms with van der Waals surface area (Å²) < 4.78 is 27.7. The number of nitrogens with one attached hydrogen (secondary N) is 2. The summed E-state index contributed by atoms with van der Waals surface area (Å²) in [7, 11) is -3.85. The van der Waals surface area contributed by atoms with Crippen molar-refractivity contribution in [3.8, 4) is 0 Å². The van der Waals surface area contributed by atoms with Gasteiger partial charge in [0.25, 0.3) is 15.9 Å². The summed E-state index contributed by atoms with van der Waals surface area (Å²) in [6, 6.07) is 12.1. The molecule has 1 fully saturated rings. The van der Waals surface area contributed by atoms with E-state index in [1.54, 1.807) is 30.3 Å². The van der Waals surface area contributed by atoms with Gasteiger partial charge in [-0.3, -0.25) is 14.8 Å². The van der Waals surface area contributed by atoms with E-state index in [1.807, 2.05) is 0 Å². The molecule has 0 spiro atoms. The molecule has 1 heterocycles. The SMILES string of the molecule is O=C(Nc1nnc(C2CC2)s1)c1cccc(S(=O)(=O)Nc2ccc(Cl)cc2)c1. The van der Waals surface area contributed by atoms with E-state index >= 15 is 0 Å². The van der Waals surface area contributed by atoms with Crippen LogP contribution in [0.25, 0.3) is 0 Å². The Hall–Kier alpha value is -2.49. The van der Waals surface area contributed by atoms with E-state index in [0.29, 0.717) is 21.8 Å². The van der Waals surface area contributed by atoms with Crippen LogP contribution in [0.4, 0.5) is 10.8 Å². The average molecular weight is 435 g/mol. The third-order valence-electron chi connectivity index (χ3n) is 4.09. The van der Waals surface area contributed by atoms with E-state index in [9.17, 15) is 13.2 Å². The minimum absolute atomic E-state index is 0.0222. The maximum absolute atomic E-state index is 12.6. The van der Waals surface area contributed by atoms with Crippen molar-refractivity contribution in [2.24, 2.45) is 0 Å². The second-order valence-corrected chi connectivity index (χ2v) is 9.44. The van der Waals surface area contributed by atoms with Gasteiger partial charge in [-0.15, -0.1) is 10.2 Å². The number of carbonyl (C=O) groups excluding carboxylic acids is 1. The molecular weight excluding hydrogens is 420 g/mol. The van der Waals surface area contributed by atoms with Crippen LogP contribution in [0, 0.1) is 0 Å². The maximum atomic E-state index is 12.6. The Morgan fingerprint density at radius 1 is 1.11 bits per heavy atom. The van der Waals surface area contributed by atoms with Gasteiger partial charge < -0.3 is 0 Å². The predicted molar refractivity (Wildman–Crippen MR) is 109 cm³/mol. The smallest absolute Gasteiger partial charge is 0.261 e. The van der Waals surface area contributed by atoms with Gasteiger partial charge in [0.15, 0.2) is 0 Å². The summed E-state index contributed by atoms with van der Waals surface area (Å²) in [5.74, 6) is 0.0117. The Labute approximate surface area is 170 Å². The normalized spacial score (nSPS) is 13.9. The molecule has 4 rings (SSSR count). The average Bonchev–Trinajstić information content (AvgIpc) is 3.43. The fourth-order valence-electron chi connectivity index (χ4n) is 2.49. The van der Waals surface area contributed by atoms with Crippen molar-refractivity contribution < 1.29 is 13.2 Å². The molecule has 0 saturated heterocycles. The molecule has 3 aromatic rings. The van der Waals surface area contributed by atoms with E-state index in [0.717, 1.165) is 17.8 Å². The van der Waals surface area contributed by atoms with Gasteiger partial charge in [-0.05, 0) is 55.3 Å². The quantitative estimate of drug-likeness (QED) is 0.607. The summed E-state index contributed by atoms with van der Waals surface area (Å²) in [6.07, 6.45) is 2.20. The fraction of sp³-hybridized carbons (Fsp3) is 0.167. The van der Waals surface area contributed by atoms with Crippen molar-refractivity contribution in [3.05, 3.63) is 64.1 Å². The highest BCUT2D eigenvalue weighted by molar-refractivity contribution is 7.92. The number of hydrogen-bond acceptors (Lipinski definition) is 6. The van der Waals surface area contributed by atoms with Crippen molar-refractivity contribution in [2.45, 2.75) is 23.7 Å². The third kappa shape index (κ3) is 4.32. The Bertz CT molecular complexity index is 1130. The van der Waals surface area contributed by atoms with Crippen LogP contribution in [-0.4, -0.2) is 24.5 Å². The number of nitrogens with zero attached hydrogens (tertiary/aromatic N) is 2. The van der Waals surface area contributed by atoms with Gasteiger partial charge in [0.2, 0.25) is 5.13 Å². The second-order valence-electron chi connectivity index (χ2n) is 6.31. The minimum Gasteiger partial charge on any atom is -0.296 e. The molecule has 0 atom stereocenters.